The summed E-state index contributed by atoms with van der Waals surface area (Å²) in [5.74, 6) is 0.0378. The lowest BCUT2D eigenvalue weighted by Crippen LogP contribution is -1.92. The number of anilines is 1. The van der Waals surface area contributed by atoms with Gasteiger partial charge in [0.15, 0.2) is 5.09 Å². The van der Waals surface area contributed by atoms with Crippen molar-refractivity contribution in [1.29, 1.82) is 0 Å². The molecule has 0 aliphatic carbocycles. The number of para-hydroxylation sites is 1. The Labute approximate surface area is 169 Å². The highest BCUT2D eigenvalue weighted by Crippen LogP contribution is 2.36. The van der Waals surface area contributed by atoms with Crippen molar-refractivity contribution in [2.45, 2.75) is 15.7 Å². The summed E-state index contributed by atoms with van der Waals surface area (Å²) in [7, 11) is 0. The van der Waals surface area contributed by atoms with Gasteiger partial charge < -0.3 is 9.14 Å². The number of nitrogens with zero attached hydrogens (tertiary/aromatic N) is 1. The van der Waals surface area contributed by atoms with E-state index in [0.717, 1.165) is 26.6 Å². The fraction of sp³-hybridized carbons (Fsp3) is 0.0500. The first-order chi connectivity index (χ1) is 13.2. The minimum Gasteiger partial charge on any atom is -0.448 e. The smallest absolute Gasteiger partial charge is 0.216 e. The highest BCUT2D eigenvalue weighted by atomic mass is 35.5. The van der Waals surface area contributed by atoms with E-state index in [-0.39, 0.29) is 0 Å². The van der Waals surface area contributed by atoms with E-state index < -0.39 is 5.95 Å². The number of hydrogen-bond donors (Lipinski definition) is 1. The van der Waals surface area contributed by atoms with E-state index in [1.165, 1.54) is 29.9 Å². The highest BCUT2D eigenvalue weighted by molar-refractivity contribution is 8.01. The normalized spacial score (nSPS) is 11.0. The molecule has 0 radical (unpaired) electrons. The number of aromatic nitrogens is 1. The second-order valence-electron chi connectivity index (χ2n) is 5.69. The van der Waals surface area contributed by atoms with Crippen LogP contribution in [0.25, 0.3) is 11.0 Å². The van der Waals surface area contributed by atoms with Gasteiger partial charge in [0, 0.05) is 50.8 Å². The van der Waals surface area contributed by atoms with Crippen LogP contribution in [0.5, 0.6) is 0 Å². The lowest BCUT2D eigenvalue weighted by atomic mass is 10.3. The quantitative estimate of drug-likeness (QED) is 0.207. The standard InChI is InChI=1S/C20H14ClFN2OS2/c21-15-7-8-18(26-12-14-5-3-9-23-20(14)22)16(11-15)24-27-19-10-13-4-1-2-6-17(13)25-19/h1-11,24H,12H2. The van der Waals surface area contributed by atoms with Gasteiger partial charge >= 0.3 is 0 Å². The predicted octanol–water partition coefficient (Wildman–Crippen LogP) is 7.03. The SMILES string of the molecule is Fc1ncccc1CSc1ccc(Cl)cc1NSc1cc2ccccc2o1. The Bertz CT molecular complexity index is 1050. The maximum Gasteiger partial charge on any atom is 0.216 e. The van der Waals surface area contributed by atoms with Gasteiger partial charge in [0.05, 0.1) is 5.69 Å². The molecular weight excluding hydrogens is 403 g/mol. The minimum atomic E-state index is -0.440. The molecule has 136 valence electrons. The van der Waals surface area contributed by atoms with Crippen molar-refractivity contribution in [2.24, 2.45) is 0 Å². The van der Waals surface area contributed by atoms with Gasteiger partial charge in [0.25, 0.3) is 0 Å². The maximum atomic E-state index is 13.8. The van der Waals surface area contributed by atoms with Crippen LogP contribution in [-0.4, -0.2) is 4.98 Å². The molecule has 2 aromatic carbocycles. The molecule has 0 aliphatic rings. The zero-order chi connectivity index (χ0) is 18.6. The molecule has 0 unspecified atom stereocenters. The first kappa shape index (κ1) is 18.2. The van der Waals surface area contributed by atoms with E-state index in [2.05, 4.69) is 9.71 Å². The second kappa shape index (κ2) is 8.25. The van der Waals surface area contributed by atoms with Crippen molar-refractivity contribution in [2.75, 3.05) is 4.72 Å². The van der Waals surface area contributed by atoms with E-state index in [1.807, 2.05) is 48.5 Å². The number of fused-ring (bicyclic) bond motifs is 1. The Balaban J connectivity index is 1.50. The van der Waals surface area contributed by atoms with Gasteiger partial charge in [0.2, 0.25) is 5.95 Å². The molecule has 4 aromatic rings. The van der Waals surface area contributed by atoms with Crippen molar-refractivity contribution < 1.29 is 8.81 Å². The zero-order valence-electron chi connectivity index (χ0n) is 14.0. The van der Waals surface area contributed by atoms with E-state index >= 15 is 0 Å². The zero-order valence-corrected chi connectivity index (χ0v) is 16.4. The van der Waals surface area contributed by atoms with Gasteiger partial charge in [-0.3, -0.25) is 0 Å². The van der Waals surface area contributed by atoms with E-state index in [9.17, 15) is 4.39 Å². The van der Waals surface area contributed by atoms with Crippen LogP contribution in [0.15, 0.2) is 81.3 Å². The number of furan rings is 1. The summed E-state index contributed by atoms with van der Waals surface area (Å²) in [6.45, 7) is 0. The van der Waals surface area contributed by atoms with Crippen LogP contribution in [-0.2, 0) is 5.75 Å². The Morgan fingerprint density at radius 2 is 1.96 bits per heavy atom. The molecule has 0 saturated carbocycles. The second-order valence-corrected chi connectivity index (χ2v) is 7.95. The van der Waals surface area contributed by atoms with Crippen LogP contribution >= 0.6 is 35.3 Å². The monoisotopic (exact) mass is 416 g/mol. The van der Waals surface area contributed by atoms with E-state index in [0.29, 0.717) is 16.3 Å². The summed E-state index contributed by atoms with van der Waals surface area (Å²) in [6.07, 6.45) is 1.45. The summed E-state index contributed by atoms with van der Waals surface area (Å²) in [5.41, 5.74) is 2.25. The molecular formula is C20H14ClFN2OS2. The lowest BCUT2D eigenvalue weighted by molar-refractivity contribution is 0.515. The Kier molecular flexibility index (Phi) is 5.57. The number of pyridine rings is 1. The molecule has 0 aliphatic heterocycles. The van der Waals surface area contributed by atoms with Crippen molar-refractivity contribution in [3.63, 3.8) is 0 Å². The topological polar surface area (TPSA) is 38.1 Å². The van der Waals surface area contributed by atoms with Crippen molar-refractivity contribution in [3.05, 3.63) is 83.4 Å². The van der Waals surface area contributed by atoms with Gasteiger partial charge in [-0.1, -0.05) is 35.9 Å². The number of nitrogens with one attached hydrogen (secondary N) is 1. The molecule has 0 bridgehead atoms. The third-order valence-corrected chi connectivity index (χ3v) is 5.91. The fourth-order valence-electron chi connectivity index (χ4n) is 2.50. The van der Waals surface area contributed by atoms with Gasteiger partial charge in [0.1, 0.15) is 5.58 Å². The van der Waals surface area contributed by atoms with Crippen LogP contribution < -0.4 is 4.72 Å². The summed E-state index contributed by atoms with van der Waals surface area (Å²) in [6, 6.07) is 18.9. The maximum absolute atomic E-state index is 13.8. The number of halogens is 2. The Morgan fingerprint density at radius 1 is 1.07 bits per heavy atom. The minimum absolute atomic E-state index is 0.440. The highest BCUT2D eigenvalue weighted by Gasteiger charge is 2.10. The van der Waals surface area contributed by atoms with Crippen molar-refractivity contribution in [3.8, 4) is 0 Å². The summed E-state index contributed by atoms with van der Waals surface area (Å²) < 4.78 is 22.8. The molecule has 0 spiro atoms. The van der Waals surface area contributed by atoms with Crippen LogP contribution in [0.4, 0.5) is 10.1 Å². The number of benzene rings is 2. The number of rotatable bonds is 6. The first-order valence-electron chi connectivity index (χ1n) is 8.12. The summed E-state index contributed by atoms with van der Waals surface area (Å²) >= 11 is 9.04. The largest absolute Gasteiger partial charge is 0.448 e. The van der Waals surface area contributed by atoms with Crippen LogP contribution in [0.1, 0.15) is 5.56 Å². The molecule has 2 aromatic heterocycles. The molecule has 27 heavy (non-hydrogen) atoms. The Hall–Kier alpha value is -2.15. The molecule has 2 heterocycles. The number of hydrogen-bond acceptors (Lipinski definition) is 5. The molecule has 0 fully saturated rings. The van der Waals surface area contributed by atoms with E-state index in [1.54, 1.807) is 12.1 Å². The third-order valence-electron chi connectivity index (χ3n) is 3.83. The molecule has 4 rings (SSSR count). The van der Waals surface area contributed by atoms with Crippen LogP contribution in [0.3, 0.4) is 0 Å². The third kappa shape index (κ3) is 4.40. The molecule has 1 N–H and O–H groups in total. The average Bonchev–Trinajstić information content (AvgIpc) is 3.10. The van der Waals surface area contributed by atoms with Crippen molar-refractivity contribution >= 4 is 52.0 Å². The van der Waals surface area contributed by atoms with Crippen molar-refractivity contribution in [1.82, 2.24) is 4.98 Å². The molecule has 0 amide bonds. The lowest BCUT2D eigenvalue weighted by Gasteiger charge is -2.11. The first-order valence-corrected chi connectivity index (χ1v) is 10.3. The molecule has 0 atom stereocenters. The predicted molar refractivity (Wildman–Crippen MR) is 111 cm³/mol. The fourth-order valence-corrected chi connectivity index (χ4v) is 4.39. The summed E-state index contributed by atoms with van der Waals surface area (Å²) in [5, 5.41) is 2.43. The van der Waals surface area contributed by atoms with Gasteiger partial charge in [-0.05, 0) is 30.3 Å². The Morgan fingerprint density at radius 3 is 2.81 bits per heavy atom. The molecule has 3 nitrogen and oxygen atoms in total. The van der Waals surface area contributed by atoms with Gasteiger partial charge in [-0.25, -0.2) is 4.98 Å². The molecule has 7 heteroatoms. The number of thioether (sulfide) groups is 1. The average molecular weight is 417 g/mol. The van der Waals surface area contributed by atoms with Crippen LogP contribution in [0, 0.1) is 5.95 Å². The van der Waals surface area contributed by atoms with E-state index in [4.69, 9.17) is 16.0 Å². The molecule has 0 saturated heterocycles. The van der Waals surface area contributed by atoms with Crippen LogP contribution in [0.2, 0.25) is 5.02 Å². The van der Waals surface area contributed by atoms with Gasteiger partial charge in [-0.2, -0.15) is 4.39 Å². The van der Waals surface area contributed by atoms with Gasteiger partial charge in [-0.15, -0.1) is 11.8 Å². The summed E-state index contributed by atoms with van der Waals surface area (Å²) in [4.78, 5) is 4.66.